The Balaban J connectivity index is 2.13. The molecule has 0 bridgehead atoms. The van der Waals surface area contributed by atoms with Crippen molar-refractivity contribution in [2.24, 2.45) is 0 Å². The van der Waals surface area contributed by atoms with Gasteiger partial charge >= 0.3 is 0 Å². The molecule has 3 aromatic carbocycles. The molecule has 134 valence electrons. The summed E-state index contributed by atoms with van der Waals surface area (Å²) < 4.78 is 42.1. The lowest BCUT2D eigenvalue weighted by Crippen LogP contribution is -2.31. The summed E-state index contributed by atoms with van der Waals surface area (Å²) in [7, 11) is -3.84. The lowest BCUT2D eigenvalue weighted by atomic mass is 10.2. The molecular formula is C21H20FNO2S. The van der Waals surface area contributed by atoms with Gasteiger partial charge in [-0.3, -0.25) is 4.31 Å². The maximum Gasteiger partial charge on any atom is 0.264 e. The van der Waals surface area contributed by atoms with Crippen molar-refractivity contribution in [1.82, 2.24) is 0 Å². The van der Waals surface area contributed by atoms with Crippen LogP contribution in [0, 0.1) is 19.7 Å². The van der Waals surface area contributed by atoms with Crippen molar-refractivity contribution in [1.29, 1.82) is 0 Å². The van der Waals surface area contributed by atoms with Crippen LogP contribution in [0.5, 0.6) is 0 Å². The Bertz CT molecular complexity index is 1030. The molecule has 0 radical (unpaired) electrons. The van der Waals surface area contributed by atoms with Crippen molar-refractivity contribution in [2.45, 2.75) is 25.3 Å². The second-order valence-corrected chi connectivity index (χ2v) is 8.12. The molecule has 0 heterocycles. The van der Waals surface area contributed by atoms with Gasteiger partial charge in [-0.1, -0.05) is 42.5 Å². The molecule has 0 saturated carbocycles. The first-order valence-electron chi connectivity index (χ1n) is 8.27. The van der Waals surface area contributed by atoms with Crippen LogP contribution >= 0.6 is 0 Å². The van der Waals surface area contributed by atoms with Gasteiger partial charge in [0.15, 0.2) is 0 Å². The van der Waals surface area contributed by atoms with Gasteiger partial charge in [0.05, 0.1) is 17.1 Å². The SMILES string of the molecule is Cc1cccc(N(Cc2ccccc2F)S(=O)(=O)c2cccc(C)c2)c1. The average molecular weight is 369 g/mol. The molecule has 0 aliphatic carbocycles. The van der Waals surface area contributed by atoms with E-state index in [1.54, 1.807) is 54.6 Å². The van der Waals surface area contributed by atoms with Crippen molar-refractivity contribution < 1.29 is 12.8 Å². The molecule has 0 unspecified atom stereocenters. The van der Waals surface area contributed by atoms with Crippen LogP contribution < -0.4 is 4.31 Å². The minimum atomic E-state index is -3.84. The molecule has 0 aliphatic rings. The lowest BCUT2D eigenvalue weighted by Gasteiger charge is -2.25. The lowest BCUT2D eigenvalue weighted by molar-refractivity contribution is 0.585. The third kappa shape index (κ3) is 3.78. The van der Waals surface area contributed by atoms with Gasteiger partial charge in [-0.25, -0.2) is 12.8 Å². The highest BCUT2D eigenvalue weighted by molar-refractivity contribution is 7.92. The van der Waals surface area contributed by atoms with Gasteiger partial charge in [-0.05, 0) is 55.3 Å². The molecule has 0 aliphatic heterocycles. The summed E-state index contributed by atoms with van der Waals surface area (Å²) in [5, 5.41) is 0. The van der Waals surface area contributed by atoms with Crippen LogP contribution in [0.3, 0.4) is 0 Å². The smallest absolute Gasteiger partial charge is 0.262 e. The van der Waals surface area contributed by atoms with Gasteiger partial charge in [0.2, 0.25) is 0 Å². The van der Waals surface area contributed by atoms with E-state index in [2.05, 4.69) is 0 Å². The molecule has 3 aromatic rings. The minimum Gasteiger partial charge on any atom is -0.262 e. The number of sulfonamides is 1. The Morgan fingerprint density at radius 1 is 0.846 bits per heavy atom. The van der Waals surface area contributed by atoms with E-state index in [-0.39, 0.29) is 11.4 Å². The first-order chi connectivity index (χ1) is 12.4. The minimum absolute atomic E-state index is 0.0770. The van der Waals surface area contributed by atoms with E-state index in [1.807, 2.05) is 26.0 Å². The fourth-order valence-corrected chi connectivity index (χ4v) is 4.32. The number of hydrogen-bond donors (Lipinski definition) is 0. The fraction of sp³-hybridized carbons (Fsp3) is 0.143. The molecule has 0 N–H and O–H groups in total. The Hall–Kier alpha value is -2.66. The highest BCUT2D eigenvalue weighted by Crippen LogP contribution is 2.27. The normalized spacial score (nSPS) is 11.3. The van der Waals surface area contributed by atoms with Crippen LogP contribution in [0.4, 0.5) is 10.1 Å². The largest absolute Gasteiger partial charge is 0.264 e. The predicted molar refractivity (Wildman–Crippen MR) is 102 cm³/mol. The molecule has 0 spiro atoms. The second-order valence-electron chi connectivity index (χ2n) is 6.26. The van der Waals surface area contributed by atoms with Crippen LogP contribution in [0.25, 0.3) is 0 Å². The summed E-state index contributed by atoms with van der Waals surface area (Å²) in [5.41, 5.74) is 2.61. The number of nitrogens with zero attached hydrogens (tertiary/aromatic N) is 1. The molecule has 0 aromatic heterocycles. The van der Waals surface area contributed by atoms with E-state index in [1.165, 1.54) is 10.4 Å². The van der Waals surface area contributed by atoms with E-state index in [9.17, 15) is 12.8 Å². The third-order valence-corrected chi connectivity index (χ3v) is 5.91. The number of benzene rings is 3. The van der Waals surface area contributed by atoms with Crippen molar-refractivity contribution in [3.05, 3.63) is 95.3 Å². The predicted octanol–water partition coefficient (Wildman–Crippen LogP) is 4.84. The van der Waals surface area contributed by atoms with Gasteiger partial charge < -0.3 is 0 Å². The van der Waals surface area contributed by atoms with E-state index >= 15 is 0 Å². The molecular weight excluding hydrogens is 349 g/mol. The summed E-state index contributed by atoms with van der Waals surface area (Å²) in [6.07, 6.45) is 0. The monoisotopic (exact) mass is 369 g/mol. The van der Waals surface area contributed by atoms with Crippen molar-refractivity contribution in [2.75, 3.05) is 4.31 Å². The molecule has 0 amide bonds. The first-order valence-corrected chi connectivity index (χ1v) is 9.71. The van der Waals surface area contributed by atoms with Gasteiger partial charge in [0, 0.05) is 5.56 Å². The topological polar surface area (TPSA) is 37.4 Å². The Morgan fingerprint density at radius 3 is 2.15 bits per heavy atom. The highest BCUT2D eigenvalue weighted by Gasteiger charge is 2.26. The summed E-state index contributed by atoms with van der Waals surface area (Å²) >= 11 is 0. The molecule has 5 heteroatoms. The van der Waals surface area contributed by atoms with E-state index in [0.29, 0.717) is 11.3 Å². The number of anilines is 1. The number of hydrogen-bond acceptors (Lipinski definition) is 2. The van der Waals surface area contributed by atoms with Crippen molar-refractivity contribution in [3.63, 3.8) is 0 Å². The first kappa shape index (κ1) is 18.1. The highest BCUT2D eigenvalue weighted by atomic mass is 32.2. The number of halogens is 1. The van der Waals surface area contributed by atoms with Crippen LogP contribution in [0.1, 0.15) is 16.7 Å². The van der Waals surface area contributed by atoms with E-state index in [0.717, 1.165) is 11.1 Å². The van der Waals surface area contributed by atoms with Crippen LogP contribution in [0.15, 0.2) is 77.7 Å². The zero-order valence-electron chi connectivity index (χ0n) is 14.7. The van der Waals surface area contributed by atoms with Crippen LogP contribution in [0.2, 0.25) is 0 Å². The van der Waals surface area contributed by atoms with Gasteiger partial charge in [0.25, 0.3) is 10.0 Å². The summed E-state index contributed by atoms with van der Waals surface area (Å²) in [5.74, 6) is -0.426. The van der Waals surface area contributed by atoms with Crippen LogP contribution in [-0.4, -0.2) is 8.42 Å². The van der Waals surface area contributed by atoms with E-state index < -0.39 is 15.8 Å². The zero-order chi connectivity index (χ0) is 18.7. The molecule has 3 rings (SSSR count). The molecule has 0 fully saturated rings. The van der Waals surface area contributed by atoms with Crippen LogP contribution in [-0.2, 0) is 16.6 Å². The zero-order valence-corrected chi connectivity index (χ0v) is 15.5. The van der Waals surface area contributed by atoms with Gasteiger partial charge in [0.1, 0.15) is 5.82 Å². The van der Waals surface area contributed by atoms with Crippen molar-refractivity contribution in [3.8, 4) is 0 Å². The molecule has 3 nitrogen and oxygen atoms in total. The van der Waals surface area contributed by atoms with E-state index in [4.69, 9.17) is 0 Å². The van der Waals surface area contributed by atoms with Crippen molar-refractivity contribution >= 4 is 15.7 Å². The fourth-order valence-electron chi connectivity index (χ4n) is 2.78. The third-order valence-electron chi connectivity index (χ3n) is 4.14. The standard InChI is InChI=1S/C21H20FNO2S/c1-16-7-5-10-19(13-16)23(15-18-9-3-4-12-21(18)22)26(24,25)20-11-6-8-17(2)14-20/h3-14H,15H2,1-2H3. The maximum atomic E-state index is 14.2. The van der Waals surface area contributed by atoms with Gasteiger partial charge in [-0.15, -0.1) is 0 Å². The summed E-state index contributed by atoms with van der Waals surface area (Å²) in [6, 6.07) is 20.2. The average Bonchev–Trinajstić information content (AvgIpc) is 2.61. The Labute approximate surface area is 153 Å². The summed E-state index contributed by atoms with van der Waals surface area (Å²) in [4.78, 5) is 0.190. The maximum absolute atomic E-state index is 14.2. The Kier molecular flexibility index (Phi) is 5.09. The molecule has 0 atom stereocenters. The second kappa shape index (κ2) is 7.30. The Morgan fingerprint density at radius 2 is 1.50 bits per heavy atom. The number of aryl methyl sites for hydroxylation is 2. The van der Waals surface area contributed by atoms with Gasteiger partial charge in [-0.2, -0.15) is 0 Å². The molecule has 0 saturated heterocycles. The number of rotatable bonds is 5. The quantitative estimate of drug-likeness (QED) is 0.645. The molecule has 26 heavy (non-hydrogen) atoms. The summed E-state index contributed by atoms with van der Waals surface area (Å²) in [6.45, 7) is 3.66.